The highest BCUT2D eigenvalue weighted by Gasteiger charge is 2.16. The molecule has 0 unspecified atom stereocenters. The van der Waals surface area contributed by atoms with Crippen molar-refractivity contribution in [3.8, 4) is 11.1 Å². The lowest BCUT2D eigenvalue weighted by Gasteiger charge is -2.21. The fraction of sp³-hybridized carbons (Fsp3) is 0.333. The van der Waals surface area contributed by atoms with Crippen LogP contribution in [0.15, 0.2) is 77.3 Å². The van der Waals surface area contributed by atoms with E-state index in [0.717, 1.165) is 32.5 Å². The van der Waals surface area contributed by atoms with Crippen LogP contribution in [0.25, 0.3) is 11.1 Å². The molecule has 0 aliphatic carbocycles. The molecule has 4 rings (SSSR count). The van der Waals surface area contributed by atoms with Crippen molar-refractivity contribution in [2.45, 2.75) is 80.1 Å². The van der Waals surface area contributed by atoms with E-state index in [4.69, 9.17) is 21.5 Å². The monoisotopic (exact) mass is 647 g/mol. The van der Waals surface area contributed by atoms with E-state index in [-0.39, 0.29) is 17.0 Å². The van der Waals surface area contributed by atoms with E-state index in [9.17, 15) is 0 Å². The van der Waals surface area contributed by atoms with Crippen LogP contribution in [0.3, 0.4) is 0 Å². The molecule has 0 spiro atoms. The van der Waals surface area contributed by atoms with Gasteiger partial charge in [0.25, 0.3) is 0 Å². The van der Waals surface area contributed by atoms with Gasteiger partial charge in [0, 0.05) is 21.4 Å². The van der Waals surface area contributed by atoms with Crippen LogP contribution in [-0.4, -0.2) is 17.2 Å². The third-order valence-electron chi connectivity index (χ3n) is 6.86. The summed E-state index contributed by atoms with van der Waals surface area (Å²) >= 11 is 3.41. The molecule has 0 aliphatic rings. The second-order valence-electron chi connectivity index (χ2n) is 13.2. The van der Waals surface area contributed by atoms with Gasteiger partial charge in [0.05, 0.1) is 0 Å². The first-order valence-electron chi connectivity index (χ1n) is 14.3. The third kappa shape index (κ3) is 11.8. The van der Waals surface area contributed by atoms with Crippen LogP contribution in [0.5, 0.6) is 0 Å². The van der Waals surface area contributed by atoms with Crippen LogP contribution in [0, 0.1) is 27.7 Å². The van der Waals surface area contributed by atoms with Crippen molar-refractivity contribution in [1.29, 1.82) is 0 Å². The van der Waals surface area contributed by atoms with Gasteiger partial charge in [-0.05, 0) is 101 Å². The summed E-state index contributed by atoms with van der Waals surface area (Å²) in [6.07, 6.45) is 0. The quantitative estimate of drug-likeness (QED) is 0.110. The minimum atomic E-state index is -1.35. The molecule has 0 radical (unpaired) electrons. The highest BCUT2D eigenvalue weighted by Crippen LogP contribution is 2.33. The molecule has 0 saturated carbocycles. The summed E-state index contributed by atoms with van der Waals surface area (Å²) in [5.74, 6) is 0. The van der Waals surface area contributed by atoms with Crippen molar-refractivity contribution < 1.29 is 10.0 Å². The zero-order chi connectivity index (χ0) is 32.0. The SMILES string of the molecule is CC(C)(C)c1ccc(N)c(Br)c1.Cc1cc(C)cc(-c2cc(C(C)(C)C)ccc2N)c1.Cc1cc(C)cc(B(O)O)c1.N. The lowest BCUT2D eigenvalue weighted by atomic mass is 9.79. The molecular formula is C36H51BBrN3O2. The van der Waals surface area contributed by atoms with E-state index in [1.807, 2.05) is 32.0 Å². The molecule has 0 aromatic heterocycles. The third-order valence-corrected chi connectivity index (χ3v) is 7.55. The van der Waals surface area contributed by atoms with Crippen LogP contribution in [-0.2, 0) is 10.8 Å². The number of benzene rings is 4. The molecule has 0 saturated heterocycles. The molecule has 0 atom stereocenters. The Hall–Kier alpha value is -3.10. The molecule has 9 N–H and O–H groups in total. The Bertz CT molecular complexity index is 1470. The Morgan fingerprint density at radius 1 is 0.581 bits per heavy atom. The Labute approximate surface area is 268 Å². The predicted octanol–water partition coefficient (Wildman–Crippen LogP) is 8.32. The number of hydrogen-bond acceptors (Lipinski definition) is 5. The fourth-order valence-corrected chi connectivity index (χ4v) is 4.93. The number of hydrogen-bond donors (Lipinski definition) is 5. The molecule has 0 fully saturated rings. The molecule has 0 amide bonds. The van der Waals surface area contributed by atoms with E-state index >= 15 is 0 Å². The maximum Gasteiger partial charge on any atom is 0.488 e. The fourth-order valence-electron chi connectivity index (χ4n) is 4.56. The molecule has 4 aromatic rings. The van der Waals surface area contributed by atoms with E-state index in [1.165, 1.54) is 27.8 Å². The minimum Gasteiger partial charge on any atom is -0.423 e. The van der Waals surface area contributed by atoms with Gasteiger partial charge in [0.1, 0.15) is 0 Å². The van der Waals surface area contributed by atoms with E-state index in [2.05, 4.69) is 114 Å². The van der Waals surface area contributed by atoms with E-state index in [1.54, 1.807) is 12.1 Å². The summed E-state index contributed by atoms with van der Waals surface area (Å²) in [7, 11) is -1.35. The predicted molar refractivity (Wildman–Crippen MR) is 192 cm³/mol. The molecular weight excluding hydrogens is 597 g/mol. The summed E-state index contributed by atoms with van der Waals surface area (Å²) in [6.45, 7) is 21.3. The standard InChI is InChI=1S/C18H23N.C10H14BrN.C8H11BO2.H3N/c1-12-8-13(2)10-14(9-12)16-11-15(18(3,4)5)6-7-17(16)19;1-10(2,3)7-4-5-9(12)8(11)6-7;1-6-3-7(2)5-8(4-6)9(10)11;/h6-11H,19H2,1-5H3;4-6H,12H2,1-3H3;3-5,10-11H,1-2H3;1H3. The molecule has 4 aromatic carbocycles. The first kappa shape index (κ1) is 37.9. The smallest absolute Gasteiger partial charge is 0.423 e. The van der Waals surface area contributed by atoms with Crippen LogP contribution >= 0.6 is 15.9 Å². The van der Waals surface area contributed by atoms with Gasteiger partial charge >= 0.3 is 7.12 Å². The number of nitrogens with two attached hydrogens (primary N) is 2. The maximum atomic E-state index is 8.83. The van der Waals surface area contributed by atoms with Crippen molar-refractivity contribution in [2.24, 2.45) is 0 Å². The van der Waals surface area contributed by atoms with Gasteiger partial charge < -0.3 is 27.7 Å². The second-order valence-corrected chi connectivity index (χ2v) is 14.1. The molecule has 0 aliphatic heterocycles. The lowest BCUT2D eigenvalue weighted by molar-refractivity contribution is 0.425. The summed E-state index contributed by atoms with van der Waals surface area (Å²) in [4.78, 5) is 0. The van der Waals surface area contributed by atoms with Crippen molar-refractivity contribution in [2.75, 3.05) is 11.5 Å². The average Bonchev–Trinajstić information content (AvgIpc) is 2.84. The number of halogens is 1. The molecule has 5 nitrogen and oxygen atoms in total. The van der Waals surface area contributed by atoms with Crippen LogP contribution in [0.1, 0.15) is 74.9 Å². The minimum absolute atomic E-state index is 0. The lowest BCUT2D eigenvalue weighted by Crippen LogP contribution is -2.30. The highest BCUT2D eigenvalue weighted by molar-refractivity contribution is 9.10. The number of anilines is 2. The molecule has 7 heteroatoms. The normalized spacial score (nSPS) is 10.9. The van der Waals surface area contributed by atoms with E-state index in [0.29, 0.717) is 5.46 Å². The van der Waals surface area contributed by atoms with Gasteiger partial charge in [-0.15, -0.1) is 0 Å². The summed E-state index contributed by atoms with van der Waals surface area (Å²) in [5, 5.41) is 17.7. The van der Waals surface area contributed by atoms with Gasteiger partial charge in [-0.1, -0.05) is 112 Å². The first-order chi connectivity index (χ1) is 19.3. The number of rotatable bonds is 2. The summed E-state index contributed by atoms with van der Waals surface area (Å²) in [5.41, 5.74) is 24.0. The van der Waals surface area contributed by atoms with Crippen molar-refractivity contribution in [3.05, 3.63) is 111 Å². The Kier molecular flexibility index (Phi) is 13.7. The maximum absolute atomic E-state index is 8.83. The average molecular weight is 649 g/mol. The molecule has 0 heterocycles. The molecule has 0 bridgehead atoms. The zero-order valence-corrected chi connectivity index (χ0v) is 29.2. The van der Waals surface area contributed by atoms with E-state index < -0.39 is 7.12 Å². The van der Waals surface area contributed by atoms with Gasteiger partial charge in [-0.2, -0.15) is 0 Å². The zero-order valence-electron chi connectivity index (χ0n) is 27.6. The van der Waals surface area contributed by atoms with Gasteiger partial charge in [-0.3, -0.25) is 0 Å². The second kappa shape index (κ2) is 15.6. The summed E-state index contributed by atoms with van der Waals surface area (Å²) < 4.78 is 0.981. The molecule has 43 heavy (non-hydrogen) atoms. The highest BCUT2D eigenvalue weighted by atomic mass is 79.9. The Balaban J connectivity index is 0.000000336. The number of aryl methyl sites for hydroxylation is 4. The van der Waals surface area contributed by atoms with Crippen LogP contribution in [0.4, 0.5) is 11.4 Å². The van der Waals surface area contributed by atoms with Crippen molar-refractivity contribution in [3.63, 3.8) is 0 Å². The summed E-state index contributed by atoms with van der Waals surface area (Å²) in [6, 6.07) is 24.6. The largest absolute Gasteiger partial charge is 0.488 e. The number of nitrogen functional groups attached to an aromatic ring is 2. The van der Waals surface area contributed by atoms with Crippen LogP contribution < -0.4 is 23.1 Å². The molecule has 232 valence electrons. The van der Waals surface area contributed by atoms with Gasteiger partial charge in [-0.25, -0.2) is 0 Å². The van der Waals surface area contributed by atoms with Crippen molar-refractivity contribution in [1.82, 2.24) is 6.15 Å². The topological polar surface area (TPSA) is 128 Å². The Morgan fingerprint density at radius 2 is 0.977 bits per heavy atom. The van der Waals surface area contributed by atoms with Gasteiger partial charge in [0.2, 0.25) is 0 Å². The van der Waals surface area contributed by atoms with Crippen molar-refractivity contribution >= 4 is 39.9 Å². The van der Waals surface area contributed by atoms with Crippen LogP contribution in [0.2, 0.25) is 0 Å². The Morgan fingerprint density at radius 3 is 1.37 bits per heavy atom. The van der Waals surface area contributed by atoms with Gasteiger partial charge in [0.15, 0.2) is 0 Å². The first-order valence-corrected chi connectivity index (χ1v) is 15.1.